The van der Waals surface area contributed by atoms with Crippen molar-refractivity contribution in [2.75, 3.05) is 65.6 Å². The number of piperidine rings is 2. The Hall–Kier alpha value is -2.40. The number of hydrogen-bond donors (Lipinski definition) is 3. The maximum absolute atomic E-state index is 13.3. The number of carbonyl (C=O) groups excluding carboxylic acids is 4. The highest BCUT2D eigenvalue weighted by molar-refractivity contribution is 5.93. The lowest BCUT2D eigenvalue weighted by atomic mass is 9.95. The van der Waals surface area contributed by atoms with E-state index < -0.39 is 12.1 Å². The summed E-state index contributed by atoms with van der Waals surface area (Å²) in [5.74, 6) is -0.712. The molecule has 4 aliphatic rings. The van der Waals surface area contributed by atoms with E-state index in [2.05, 4.69) is 16.0 Å². The predicted molar refractivity (Wildman–Crippen MR) is 115 cm³/mol. The van der Waals surface area contributed by atoms with Gasteiger partial charge in [0.2, 0.25) is 17.7 Å². The van der Waals surface area contributed by atoms with Crippen LogP contribution in [0.4, 0.5) is 4.79 Å². The van der Waals surface area contributed by atoms with Gasteiger partial charge in [0.1, 0.15) is 12.1 Å². The summed E-state index contributed by atoms with van der Waals surface area (Å²) in [5.41, 5.74) is 0. The van der Waals surface area contributed by atoms with Crippen molar-refractivity contribution in [1.82, 2.24) is 30.7 Å². The van der Waals surface area contributed by atoms with E-state index in [1.807, 2.05) is 0 Å². The van der Waals surface area contributed by atoms with E-state index in [4.69, 9.17) is 4.74 Å². The number of amides is 5. The average Bonchev–Trinajstić information content (AvgIpc) is 2.85. The fourth-order valence-corrected chi connectivity index (χ4v) is 4.88. The summed E-state index contributed by atoms with van der Waals surface area (Å²) in [4.78, 5) is 56.8. The molecule has 0 spiro atoms. The minimum Gasteiger partial charge on any atom is -0.378 e. The zero-order valence-electron chi connectivity index (χ0n) is 18.5. The third-order valence-electron chi connectivity index (χ3n) is 6.81. The van der Waals surface area contributed by atoms with Crippen LogP contribution in [0, 0.1) is 5.92 Å². The van der Waals surface area contributed by atoms with Gasteiger partial charge in [-0.25, -0.2) is 4.79 Å². The number of nitrogens with one attached hydrogen (secondary N) is 3. The number of rotatable bonds is 3. The molecule has 4 fully saturated rings. The molecule has 0 saturated carbocycles. The first kappa shape index (κ1) is 22.8. The van der Waals surface area contributed by atoms with Crippen molar-refractivity contribution in [3.8, 4) is 0 Å². The van der Waals surface area contributed by atoms with Crippen molar-refractivity contribution < 1.29 is 23.9 Å². The van der Waals surface area contributed by atoms with Crippen LogP contribution in [0.5, 0.6) is 0 Å². The number of urea groups is 1. The van der Waals surface area contributed by atoms with E-state index >= 15 is 0 Å². The minimum absolute atomic E-state index is 0.0294. The number of ether oxygens (including phenoxy) is 1. The summed E-state index contributed by atoms with van der Waals surface area (Å²) in [5, 5.41) is 8.87. The first-order valence-electron chi connectivity index (χ1n) is 11.8. The van der Waals surface area contributed by atoms with Gasteiger partial charge in [-0.05, 0) is 38.8 Å². The van der Waals surface area contributed by atoms with Crippen LogP contribution in [0.15, 0.2) is 0 Å². The third kappa shape index (κ3) is 5.15. The molecule has 0 unspecified atom stereocenters. The van der Waals surface area contributed by atoms with Gasteiger partial charge in [-0.1, -0.05) is 0 Å². The summed E-state index contributed by atoms with van der Waals surface area (Å²) in [7, 11) is 0. The highest BCUT2D eigenvalue weighted by atomic mass is 16.5. The first-order chi connectivity index (χ1) is 15.5. The minimum atomic E-state index is -0.800. The number of carbonyl (C=O) groups is 4. The Morgan fingerprint density at radius 3 is 2.41 bits per heavy atom. The summed E-state index contributed by atoms with van der Waals surface area (Å²) in [6, 6.07) is -1.53. The van der Waals surface area contributed by atoms with Crippen molar-refractivity contribution in [3.05, 3.63) is 0 Å². The average molecular weight is 451 g/mol. The molecule has 0 bridgehead atoms. The largest absolute Gasteiger partial charge is 0.378 e. The van der Waals surface area contributed by atoms with Gasteiger partial charge in [-0.2, -0.15) is 0 Å². The van der Waals surface area contributed by atoms with E-state index in [0.717, 1.165) is 32.4 Å². The van der Waals surface area contributed by atoms with Crippen LogP contribution in [0.1, 0.15) is 25.7 Å². The van der Waals surface area contributed by atoms with Crippen LogP contribution in [0.3, 0.4) is 0 Å². The highest BCUT2D eigenvalue weighted by Gasteiger charge is 2.41. The van der Waals surface area contributed by atoms with Gasteiger partial charge >= 0.3 is 6.03 Å². The smallest absolute Gasteiger partial charge is 0.320 e. The van der Waals surface area contributed by atoms with Gasteiger partial charge in [0.25, 0.3) is 0 Å². The number of piperazine rings is 1. The van der Waals surface area contributed by atoms with Gasteiger partial charge in [-0.15, -0.1) is 0 Å². The third-order valence-corrected chi connectivity index (χ3v) is 6.81. The molecule has 32 heavy (non-hydrogen) atoms. The molecule has 5 amide bonds. The Morgan fingerprint density at radius 2 is 1.69 bits per heavy atom. The number of hydrogen-bond acceptors (Lipinski definition) is 6. The molecule has 2 atom stereocenters. The van der Waals surface area contributed by atoms with Gasteiger partial charge in [0.05, 0.1) is 19.8 Å². The maximum Gasteiger partial charge on any atom is 0.320 e. The zero-order valence-corrected chi connectivity index (χ0v) is 18.5. The zero-order chi connectivity index (χ0) is 22.5. The SMILES string of the molecule is O=C1NCCC[C@@H]1NC(=O)[C@H]1CN(C(=O)N2CCOCC2)CCN1C(=O)C1CCNCC1. The molecule has 0 aromatic heterocycles. The van der Waals surface area contributed by atoms with Gasteiger partial charge in [0.15, 0.2) is 0 Å². The van der Waals surface area contributed by atoms with Crippen LogP contribution in [-0.4, -0.2) is 116 Å². The van der Waals surface area contributed by atoms with Crippen molar-refractivity contribution in [2.45, 2.75) is 37.8 Å². The Bertz CT molecular complexity index is 721. The van der Waals surface area contributed by atoms with E-state index in [1.165, 1.54) is 0 Å². The molecule has 178 valence electrons. The molecule has 0 aromatic rings. The fourth-order valence-electron chi connectivity index (χ4n) is 4.88. The lowest BCUT2D eigenvalue weighted by Gasteiger charge is -2.44. The second kappa shape index (κ2) is 10.5. The van der Waals surface area contributed by atoms with Crippen LogP contribution in [-0.2, 0) is 19.1 Å². The van der Waals surface area contributed by atoms with Crippen molar-refractivity contribution in [1.29, 1.82) is 0 Å². The topological polar surface area (TPSA) is 123 Å². The standard InChI is InChI=1S/C21H34N6O5/c28-18-16(2-1-5-23-18)24-19(29)17-14-26(21(31)25-10-12-32-13-11-25)8-9-27(17)20(30)15-3-6-22-7-4-15/h15-17,22H,1-14H2,(H,23,28)(H,24,29)/t16-,17+/m0/s1. The van der Waals surface area contributed by atoms with Crippen molar-refractivity contribution >= 4 is 23.8 Å². The molecule has 4 saturated heterocycles. The van der Waals surface area contributed by atoms with Crippen LogP contribution >= 0.6 is 0 Å². The second-order valence-corrected chi connectivity index (χ2v) is 8.89. The Balaban J connectivity index is 1.47. The second-order valence-electron chi connectivity index (χ2n) is 8.89. The fraction of sp³-hybridized carbons (Fsp3) is 0.810. The molecular weight excluding hydrogens is 416 g/mol. The Kier molecular flexibility index (Phi) is 7.46. The van der Waals surface area contributed by atoms with Crippen LogP contribution in [0.2, 0.25) is 0 Å². The van der Waals surface area contributed by atoms with Crippen molar-refractivity contribution in [3.63, 3.8) is 0 Å². The highest BCUT2D eigenvalue weighted by Crippen LogP contribution is 2.21. The van der Waals surface area contributed by atoms with Gasteiger partial charge < -0.3 is 35.4 Å². The summed E-state index contributed by atoms with van der Waals surface area (Å²) in [6.45, 7) is 5.05. The lowest BCUT2D eigenvalue weighted by molar-refractivity contribution is -0.148. The molecule has 11 heteroatoms. The van der Waals surface area contributed by atoms with E-state index in [-0.39, 0.29) is 36.2 Å². The monoisotopic (exact) mass is 450 g/mol. The summed E-state index contributed by atoms with van der Waals surface area (Å²) in [6.07, 6.45) is 2.85. The van der Waals surface area contributed by atoms with Crippen molar-refractivity contribution in [2.24, 2.45) is 5.92 Å². The van der Waals surface area contributed by atoms with Gasteiger partial charge in [0, 0.05) is 38.6 Å². The molecule has 4 heterocycles. The molecule has 4 aliphatic heterocycles. The summed E-state index contributed by atoms with van der Waals surface area (Å²) < 4.78 is 5.33. The first-order valence-corrected chi connectivity index (χ1v) is 11.8. The normalized spacial score (nSPS) is 27.6. The van der Waals surface area contributed by atoms with E-state index in [1.54, 1.807) is 14.7 Å². The molecular formula is C21H34N6O5. The molecule has 4 rings (SSSR count). The number of nitrogens with zero attached hydrogens (tertiary/aromatic N) is 3. The lowest BCUT2D eigenvalue weighted by Crippen LogP contribution is -2.65. The van der Waals surface area contributed by atoms with Crippen LogP contribution in [0.25, 0.3) is 0 Å². The Morgan fingerprint density at radius 1 is 0.938 bits per heavy atom. The maximum atomic E-state index is 13.3. The molecule has 3 N–H and O–H groups in total. The van der Waals surface area contributed by atoms with E-state index in [0.29, 0.717) is 52.4 Å². The number of morpholine rings is 1. The molecule has 0 aliphatic carbocycles. The molecule has 0 aromatic carbocycles. The molecule has 11 nitrogen and oxygen atoms in total. The van der Waals surface area contributed by atoms with E-state index in [9.17, 15) is 19.2 Å². The van der Waals surface area contributed by atoms with Crippen LogP contribution < -0.4 is 16.0 Å². The predicted octanol–water partition coefficient (Wildman–Crippen LogP) is -1.65. The van der Waals surface area contributed by atoms with Gasteiger partial charge in [-0.3, -0.25) is 14.4 Å². The Labute approximate surface area is 188 Å². The quantitative estimate of drug-likeness (QED) is 0.473. The molecule has 0 radical (unpaired) electrons. The summed E-state index contributed by atoms with van der Waals surface area (Å²) >= 11 is 0.